The maximum Gasteiger partial charge on any atom is 0.243 e. The molecule has 3 aromatic carbocycles. The summed E-state index contributed by atoms with van der Waals surface area (Å²) in [5.74, 6) is -0.835. The number of benzene rings is 3. The summed E-state index contributed by atoms with van der Waals surface area (Å²) >= 11 is 6.02. The molecule has 0 fully saturated rings. The summed E-state index contributed by atoms with van der Waals surface area (Å²) in [4.78, 5) is 28.1. The first-order valence-electron chi connectivity index (χ1n) is 11.4. The van der Waals surface area contributed by atoms with Crippen molar-refractivity contribution in [1.82, 2.24) is 14.5 Å². The number of hydrogen-bond acceptors (Lipinski definition) is 4. The van der Waals surface area contributed by atoms with Crippen molar-refractivity contribution >= 4 is 33.4 Å². The van der Waals surface area contributed by atoms with Gasteiger partial charge >= 0.3 is 0 Å². The van der Waals surface area contributed by atoms with Crippen molar-refractivity contribution in [2.24, 2.45) is 0 Å². The van der Waals surface area contributed by atoms with Gasteiger partial charge in [0.15, 0.2) is 0 Å². The zero-order valence-electron chi connectivity index (χ0n) is 20.5. The van der Waals surface area contributed by atoms with Crippen molar-refractivity contribution in [3.05, 3.63) is 101 Å². The van der Waals surface area contributed by atoms with Gasteiger partial charge in [-0.3, -0.25) is 9.59 Å². The van der Waals surface area contributed by atoms with E-state index in [1.807, 2.05) is 37.3 Å². The van der Waals surface area contributed by atoms with Crippen LogP contribution in [-0.4, -0.2) is 56.1 Å². The lowest BCUT2D eigenvalue weighted by Gasteiger charge is -2.32. The highest BCUT2D eigenvalue weighted by atomic mass is 35.5. The standard InChI is InChI=1S/C27H30ClN3O4S/c1-20-9-15-24(16-10-20)36(34,35)30(3)19-26(32)31(18-22-11-13-23(28)14-12-22)25(27(33)29-2)17-21-7-5-4-6-8-21/h4-16,25H,17-19H2,1-3H3,(H,29,33)/t25-/m0/s1. The number of halogens is 1. The van der Waals surface area contributed by atoms with Gasteiger partial charge in [-0.1, -0.05) is 71.8 Å². The monoisotopic (exact) mass is 527 g/mol. The summed E-state index contributed by atoms with van der Waals surface area (Å²) in [7, 11) is -1.03. The van der Waals surface area contributed by atoms with Gasteiger partial charge in [-0.15, -0.1) is 0 Å². The van der Waals surface area contributed by atoms with Crippen molar-refractivity contribution in [3.8, 4) is 0 Å². The summed E-state index contributed by atoms with van der Waals surface area (Å²) < 4.78 is 27.2. The minimum absolute atomic E-state index is 0.0970. The van der Waals surface area contributed by atoms with Gasteiger partial charge in [-0.2, -0.15) is 4.31 Å². The van der Waals surface area contributed by atoms with Crippen LogP contribution in [0.15, 0.2) is 83.8 Å². The molecule has 0 aliphatic heterocycles. The van der Waals surface area contributed by atoms with E-state index in [0.29, 0.717) is 5.02 Å². The lowest BCUT2D eigenvalue weighted by atomic mass is 10.0. The third-order valence-electron chi connectivity index (χ3n) is 5.87. The van der Waals surface area contributed by atoms with Crippen molar-refractivity contribution in [2.45, 2.75) is 30.8 Å². The molecule has 0 heterocycles. The average molecular weight is 528 g/mol. The van der Waals surface area contributed by atoms with E-state index >= 15 is 0 Å². The maximum absolute atomic E-state index is 13.6. The van der Waals surface area contributed by atoms with Crippen LogP contribution < -0.4 is 5.32 Å². The van der Waals surface area contributed by atoms with Crippen LogP contribution in [0.1, 0.15) is 16.7 Å². The molecule has 190 valence electrons. The Morgan fingerprint density at radius 1 is 0.917 bits per heavy atom. The molecule has 0 aliphatic rings. The molecule has 3 rings (SSSR count). The predicted molar refractivity (Wildman–Crippen MR) is 141 cm³/mol. The third kappa shape index (κ3) is 6.94. The zero-order valence-corrected chi connectivity index (χ0v) is 22.1. The van der Waals surface area contributed by atoms with Crippen LogP contribution in [0.2, 0.25) is 5.02 Å². The molecule has 2 amide bonds. The second-order valence-corrected chi connectivity index (χ2v) is 11.0. The highest BCUT2D eigenvalue weighted by molar-refractivity contribution is 7.89. The number of rotatable bonds is 10. The molecule has 0 spiro atoms. The van der Waals surface area contributed by atoms with Gasteiger partial charge in [-0.05, 0) is 42.3 Å². The second kappa shape index (κ2) is 12.2. The Bertz CT molecular complexity index is 1280. The maximum atomic E-state index is 13.6. The fourth-order valence-corrected chi connectivity index (χ4v) is 5.01. The quantitative estimate of drug-likeness (QED) is 0.436. The summed E-state index contributed by atoms with van der Waals surface area (Å²) in [5, 5.41) is 3.19. The number of nitrogens with zero attached hydrogens (tertiary/aromatic N) is 2. The van der Waals surface area contributed by atoms with Crippen LogP contribution in [-0.2, 0) is 32.6 Å². The van der Waals surface area contributed by atoms with Gasteiger partial charge in [-0.25, -0.2) is 8.42 Å². The zero-order chi connectivity index (χ0) is 26.3. The molecule has 0 aliphatic carbocycles. The number of carbonyl (C=O) groups excluding carboxylic acids is 2. The molecule has 0 saturated carbocycles. The molecule has 9 heteroatoms. The summed E-state index contributed by atoms with van der Waals surface area (Å²) in [5.41, 5.74) is 2.57. The Balaban J connectivity index is 1.93. The highest BCUT2D eigenvalue weighted by Gasteiger charge is 2.32. The fraction of sp³-hybridized carbons (Fsp3) is 0.259. The van der Waals surface area contributed by atoms with E-state index in [-0.39, 0.29) is 23.8 Å². The summed E-state index contributed by atoms with van der Waals surface area (Å²) in [6.07, 6.45) is 0.272. The van der Waals surface area contributed by atoms with Crippen LogP contribution >= 0.6 is 11.6 Å². The smallest absolute Gasteiger partial charge is 0.243 e. The minimum atomic E-state index is -3.91. The lowest BCUT2D eigenvalue weighted by Crippen LogP contribution is -2.52. The van der Waals surface area contributed by atoms with Crippen LogP contribution in [0.3, 0.4) is 0 Å². The molecule has 3 aromatic rings. The fourth-order valence-electron chi connectivity index (χ4n) is 3.76. The Morgan fingerprint density at radius 2 is 1.53 bits per heavy atom. The molecule has 0 bridgehead atoms. The highest BCUT2D eigenvalue weighted by Crippen LogP contribution is 2.19. The van der Waals surface area contributed by atoms with E-state index in [9.17, 15) is 18.0 Å². The molecular formula is C27H30ClN3O4S. The van der Waals surface area contributed by atoms with Gasteiger partial charge in [0.2, 0.25) is 21.8 Å². The number of aryl methyl sites for hydroxylation is 1. The van der Waals surface area contributed by atoms with E-state index in [1.165, 1.54) is 31.1 Å². The topological polar surface area (TPSA) is 86.8 Å². The second-order valence-electron chi connectivity index (χ2n) is 8.54. The van der Waals surface area contributed by atoms with E-state index in [1.54, 1.807) is 36.4 Å². The van der Waals surface area contributed by atoms with Crippen molar-refractivity contribution in [1.29, 1.82) is 0 Å². The first-order chi connectivity index (χ1) is 17.1. The average Bonchev–Trinajstić information content (AvgIpc) is 2.87. The Kier molecular flexibility index (Phi) is 9.25. The Morgan fingerprint density at radius 3 is 2.11 bits per heavy atom. The van der Waals surface area contributed by atoms with E-state index in [0.717, 1.165) is 21.0 Å². The van der Waals surface area contributed by atoms with E-state index in [2.05, 4.69) is 5.32 Å². The van der Waals surface area contributed by atoms with E-state index < -0.39 is 28.5 Å². The SMILES string of the molecule is CNC(=O)[C@H](Cc1ccccc1)N(Cc1ccc(Cl)cc1)C(=O)CN(C)S(=O)(=O)c1ccc(C)cc1. The predicted octanol–water partition coefficient (Wildman–Crippen LogP) is 3.66. The third-order valence-corrected chi connectivity index (χ3v) is 7.94. The first kappa shape index (κ1) is 27.4. The minimum Gasteiger partial charge on any atom is -0.357 e. The number of likely N-dealkylation sites (N-methyl/N-ethyl adjacent to an activating group) is 2. The van der Waals surface area contributed by atoms with E-state index in [4.69, 9.17) is 11.6 Å². The van der Waals surface area contributed by atoms with Gasteiger partial charge < -0.3 is 10.2 Å². The summed E-state index contributed by atoms with van der Waals surface area (Å²) in [6.45, 7) is 1.55. The van der Waals surface area contributed by atoms with Crippen LogP contribution in [0.5, 0.6) is 0 Å². The molecule has 1 atom stereocenters. The number of nitrogens with one attached hydrogen (secondary N) is 1. The number of carbonyl (C=O) groups is 2. The van der Waals surface area contributed by atoms with Crippen LogP contribution in [0.4, 0.5) is 0 Å². The molecule has 7 nitrogen and oxygen atoms in total. The molecule has 0 saturated heterocycles. The lowest BCUT2D eigenvalue weighted by molar-refractivity contribution is -0.141. The molecule has 1 N–H and O–H groups in total. The number of hydrogen-bond donors (Lipinski definition) is 1. The number of sulfonamides is 1. The van der Waals surface area contributed by atoms with Crippen LogP contribution in [0.25, 0.3) is 0 Å². The van der Waals surface area contributed by atoms with Crippen molar-refractivity contribution in [2.75, 3.05) is 20.6 Å². The summed E-state index contributed by atoms with van der Waals surface area (Å²) in [6, 6.07) is 21.9. The first-order valence-corrected chi connectivity index (χ1v) is 13.3. The normalized spacial score (nSPS) is 12.2. The molecule has 0 radical (unpaired) electrons. The molecule has 0 unspecified atom stereocenters. The molecule has 0 aromatic heterocycles. The molecular weight excluding hydrogens is 498 g/mol. The van der Waals surface area contributed by atoms with Gasteiger partial charge in [0.05, 0.1) is 11.4 Å². The van der Waals surface area contributed by atoms with Crippen molar-refractivity contribution in [3.63, 3.8) is 0 Å². The number of amides is 2. The van der Waals surface area contributed by atoms with Crippen molar-refractivity contribution < 1.29 is 18.0 Å². The van der Waals surface area contributed by atoms with Gasteiger partial charge in [0, 0.05) is 32.1 Å². The Labute approximate surface area is 217 Å². The van der Waals surface area contributed by atoms with Gasteiger partial charge in [0.25, 0.3) is 0 Å². The molecule has 36 heavy (non-hydrogen) atoms. The Hall–Kier alpha value is -3.20. The van der Waals surface area contributed by atoms with Crippen LogP contribution in [0, 0.1) is 6.92 Å². The van der Waals surface area contributed by atoms with Gasteiger partial charge in [0.1, 0.15) is 6.04 Å². The largest absolute Gasteiger partial charge is 0.357 e.